The van der Waals surface area contributed by atoms with E-state index < -0.39 is 12.3 Å². The zero-order valence-corrected chi connectivity index (χ0v) is 16.2. The maximum absolute atomic E-state index is 12.8. The number of thiophene rings is 1. The van der Waals surface area contributed by atoms with Crippen LogP contribution in [-0.2, 0) is 20.8 Å². The zero-order chi connectivity index (χ0) is 18.4. The standard InChI is InChI=1S/C19H28N2O3S/c1-5-23-19(24-6-2)14(4)21(18(22)13(3)20)11-15-12-25-17-10-8-7-9-16(15)17/h7-10,12-14,19H,5-6,11,20H2,1-4H3/t13?,14-/m0/s1. The van der Waals surface area contributed by atoms with Gasteiger partial charge in [0.15, 0.2) is 6.29 Å². The summed E-state index contributed by atoms with van der Waals surface area (Å²) in [4.78, 5) is 14.5. The summed E-state index contributed by atoms with van der Waals surface area (Å²) < 4.78 is 12.6. The first-order chi connectivity index (χ1) is 12.0. The lowest BCUT2D eigenvalue weighted by Crippen LogP contribution is -2.51. The van der Waals surface area contributed by atoms with E-state index in [0.29, 0.717) is 19.8 Å². The molecule has 0 radical (unpaired) electrons. The second kappa shape index (κ2) is 9.29. The van der Waals surface area contributed by atoms with Crippen LogP contribution < -0.4 is 5.73 Å². The molecule has 2 aromatic rings. The predicted molar refractivity (Wildman–Crippen MR) is 103 cm³/mol. The first-order valence-electron chi connectivity index (χ1n) is 8.73. The van der Waals surface area contributed by atoms with Crippen LogP contribution in [-0.4, -0.2) is 42.4 Å². The molecule has 5 nitrogen and oxygen atoms in total. The highest BCUT2D eigenvalue weighted by Gasteiger charge is 2.30. The minimum absolute atomic E-state index is 0.104. The van der Waals surface area contributed by atoms with Gasteiger partial charge in [-0.05, 0) is 50.1 Å². The smallest absolute Gasteiger partial charge is 0.239 e. The summed E-state index contributed by atoms with van der Waals surface area (Å²) in [5, 5.41) is 3.28. The van der Waals surface area contributed by atoms with E-state index >= 15 is 0 Å². The molecular formula is C19H28N2O3S. The van der Waals surface area contributed by atoms with Crippen LogP contribution in [0.1, 0.15) is 33.3 Å². The maximum Gasteiger partial charge on any atom is 0.239 e. The van der Waals surface area contributed by atoms with Crippen LogP contribution in [0.3, 0.4) is 0 Å². The zero-order valence-electron chi connectivity index (χ0n) is 15.4. The summed E-state index contributed by atoms with van der Waals surface area (Å²) in [6.07, 6.45) is -0.470. The van der Waals surface area contributed by atoms with Gasteiger partial charge in [0.2, 0.25) is 5.91 Å². The Kier molecular flexibility index (Phi) is 7.38. The van der Waals surface area contributed by atoms with Gasteiger partial charge in [0.1, 0.15) is 0 Å². The molecule has 2 atom stereocenters. The first kappa shape index (κ1) is 19.8. The second-order valence-corrected chi connectivity index (χ2v) is 6.94. The first-order valence-corrected chi connectivity index (χ1v) is 9.61. The highest BCUT2D eigenvalue weighted by molar-refractivity contribution is 7.17. The third kappa shape index (κ3) is 4.79. The molecule has 0 aliphatic heterocycles. The molecule has 138 valence electrons. The quantitative estimate of drug-likeness (QED) is 0.693. The van der Waals surface area contributed by atoms with E-state index in [1.165, 1.54) is 10.1 Å². The molecule has 0 aliphatic rings. The van der Waals surface area contributed by atoms with Crippen molar-refractivity contribution in [3.05, 3.63) is 35.2 Å². The molecule has 0 aliphatic carbocycles. The molecule has 0 saturated carbocycles. The van der Waals surface area contributed by atoms with Gasteiger partial charge in [0, 0.05) is 24.5 Å². The number of nitrogens with zero attached hydrogens (tertiary/aromatic N) is 1. The molecule has 2 rings (SSSR count). The fourth-order valence-electron chi connectivity index (χ4n) is 2.83. The van der Waals surface area contributed by atoms with Crippen molar-refractivity contribution in [2.45, 2.75) is 52.6 Å². The number of hydrogen-bond donors (Lipinski definition) is 1. The van der Waals surface area contributed by atoms with Gasteiger partial charge in [-0.15, -0.1) is 11.3 Å². The van der Waals surface area contributed by atoms with Crippen LogP contribution >= 0.6 is 11.3 Å². The third-order valence-electron chi connectivity index (χ3n) is 4.12. The van der Waals surface area contributed by atoms with Crippen LogP contribution in [0.2, 0.25) is 0 Å². The average Bonchev–Trinajstić information content (AvgIpc) is 3.01. The van der Waals surface area contributed by atoms with Crippen molar-refractivity contribution >= 4 is 27.3 Å². The Labute approximate surface area is 153 Å². The van der Waals surface area contributed by atoms with E-state index in [1.54, 1.807) is 23.2 Å². The minimum Gasteiger partial charge on any atom is -0.351 e. The summed E-state index contributed by atoms with van der Waals surface area (Å²) in [7, 11) is 0. The number of ether oxygens (including phenoxy) is 2. The molecule has 2 N–H and O–H groups in total. The molecule has 1 unspecified atom stereocenters. The average molecular weight is 365 g/mol. The number of nitrogens with two attached hydrogens (primary N) is 1. The summed E-state index contributed by atoms with van der Waals surface area (Å²) >= 11 is 1.68. The van der Waals surface area contributed by atoms with Crippen molar-refractivity contribution in [2.24, 2.45) is 5.73 Å². The van der Waals surface area contributed by atoms with Gasteiger partial charge >= 0.3 is 0 Å². The number of fused-ring (bicyclic) bond motifs is 1. The van der Waals surface area contributed by atoms with Gasteiger partial charge in [0.05, 0.1) is 12.1 Å². The molecule has 1 aromatic carbocycles. The summed E-state index contributed by atoms with van der Waals surface area (Å²) in [6.45, 7) is 9.04. The largest absolute Gasteiger partial charge is 0.351 e. The molecular weight excluding hydrogens is 336 g/mol. The molecule has 0 fully saturated rings. The summed E-state index contributed by atoms with van der Waals surface area (Å²) in [5.41, 5.74) is 7.01. The highest BCUT2D eigenvalue weighted by atomic mass is 32.1. The summed E-state index contributed by atoms with van der Waals surface area (Å²) in [6, 6.07) is 7.41. The van der Waals surface area contributed by atoms with Gasteiger partial charge in [-0.25, -0.2) is 0 Å². The highest BCUT2D eigenvalue weighted by Crippen LogP contribution is 2.28. The second-order valence-electron chi connectivity index (χ2n) is 6.03. The van der Waals surface area contributed by atoms with Crippen LogP contribution in [0.15, 0.2) is 29.6 Å². The van der Waals surface area contributed by atoms with E-state index in [4.69, 9.17) is 15.2 Å². The topological polar surface area (TPSA) is 64.8 Å². The third-order valence-corrected chi connectivity index (χ3v) is 5.13. The Balaban J connectivity index is 2.30. The van der Waals surface area contributed by atoms with E-state index in [9.17, 15) is 4.79 Å². The van der Waals surface area contributed by atoms with E-state index in [-0.39, 0.29) is 11.9 Å². The number of hydrogen-bond acceptors (Lipinski definition) is 5. The van der Waals surface area contributed by atoms with Crippen molar-refractivity contribution < 1.29 is 14.3 Å². The SMILES string of the molecule is CCOC(OCC)[C@H](C)N(Cc1csc2ccccc12)C(=O)C(C)N. The molecule has 1 aromatic heterocycles. The lowest BCUT2D eigenvalue weighted by atomic mass is 10.1. The lowest BCUT2D eigenvalue weighted by Gasteiger charge is -2.35. The van der Waals surface area contributed by atoms with Gasteiger partial charge < -0.3 is 20.1 Å². The maximum atomic E-state index is 12.8. The monoisotopic (exact) mass is 364 g/mol. The lowest BCUT2D eigenvalue weighted by molar-refractivity contribution is -0.179. The molecule has 0 bridgehead atoms. The number of benzene rings is 1. The predicted octanol–water partition coefficient (Wildman–Crippen LogP) is 3.36. The Bertz CT molecular complexity index is 680. The number of carbonyl (C=O) groups excluding carboxylic acids is 1. The minimum atomic E-state index is -0.573. The van der Waals surface area contributed by atoms with Crippen LogP contribution in [0.5, 0.6) is 0 Å². The molecule has 1 heterocycles. The fourth-order valence-corrected chi connectivity index (χ4v) is 3.78. The van der Waals surface area contributed by atoms with Crippen LogP contribution in [0.25, 0.3) is 10.1 Å². The van der Waals surface area contributed by atoms with Crippen molar-refractivity contribution in [1.29, 1.82) is 0 Å². The van der Waals surface area contributed by atoms with Crippen LogP contribution in [0.4, 0.5) is 0 Å². The normalized spacial score (nSPS) is 14.0. The molecule has 1 amide bonds. The molecule has 25 heavy (non-hydrogen) atoms. The van der Waals surface area contributed by atoms with E-state index in [2.05, 4.69) is 17.5 Å². The molecule has 0 saturated heterocycles. The number of amides is 1. The Hall–Kier alpha value is -1.47. The van der Waals surface area contributed by atoms with Crippen molar-refractivity contribution in [1.82, 2.24) is 4.90 Å². The Morgan fingerprint density at radius 1 is 1.20 bits per heavy atom. The van der Waals surface area contributed by atoms with Crippen molar-refractivity contribution in [3.8, 4) is 0 Å². The van der Waals surface area contributed by atoms with Gasteiger partial charge in [-0.2, -0.15) is 0 Å². The van der Waals surface area contributed by atoms with E-state index in [0.717, 1.165) is 5.56 Å². The fraction of sp³-hybridized carbons (Fsp3) is 0.526. The van der Waals surface area contributed by atoms with Crippen molar-refractivity contribution in [3.63, 3.8) is 0 Å². The summed E-state index contributed by atoms with van der Waals surface area (Å²) in [5.74, 6) is -0.104. The molecule has 0 spiro atoms. The van der Waals surface area contributed by atoms with Gasteiger partial charge in [-0.3, -0.25) is 4.79 Å². The number of rotatable bonds is 9. The Morgan fingerprint density at radius 3 is 2.44 bits per heavy atom. The molecule has 6 heteroatoms. The van der Waals surface area contributed by atoms with Gasteiger partial charge in [-0.1, -0.05) is 18.2 Å². The Morgan fingerprint density at radius 2 is 1.84 bits per heavy atom. The van der Waals surface area contributed by atoms with E-state index in [1.807, 2.05) is 32.9 Å². The number of carbonyl (C=O) groups is 1. The van der Waals surface area contributed by atoms with Gasteiger partial charge in [0.25, 0.3) is 0 Å². The van der Waals surface area contributed by atoms with Crippen LogP contribution in [0, 0.1) is 0 Å². The van der Waals surface area contributed by atoms with Crippen molar-refractivity contribution in [2.75, 3.05) is 13.2 Å².